The smallest absolute Gasteiger partial charge is 0.122 e. The largest absolute Gasteiger partial charge is 0.507 e. The fraction of sp³-hybridized carbons (Fsp3) is 0.333. The molecule has 0 spiro atoms. The SMILES string of the molecule is Cc1cccc(CNC(C)Cc2cccs2)c1O. The van der Waals surface area contributed by atoms with Crippen molar-refractivity contribution in [3.05, 3.63) is 51.7 Å². The standard InChI is InChI=1S/C15H19NOS/c1-11-5-3-6-13(15(11)17)10-16-12(2)9-14-7-4-8-18-14/h3-8,12,16-17H,9-10H2,1-2H3. The van der Waals surface area contributed by atoms with Crippen LogP contribution in [0.25, 0.3) is 0 Å². The average molecular weight is 261 g/mol. The predicted molar refractivity (Wildman–Crippen MR) is 77.2 cm³/mol. The van der Waals surface area contributed by atoms with Gasteiger partial charge in [0.1, 0.15) is 5.75 Å². The highest BCUT2D eigenvalue weighted by Gasteiger charge is 2.07. The summed E-state index contributed by atoms with van der Waals surface area (Å²) in [5, 5.41) is 15.5. The van der Waals surface area contributed by atoms with Crippen molar-refractivity contribution < 1.29 is 5.11 Å². The van der Waals surface area contributed by atoms with Gasteiger partial charge in [0.15, 0.2) is 0 Å². The molecule has 3 heteroatoms. The van der Waals surface area contributed by atoms with Gasteiger partial charge < -0.3 is 10.4 Å². The van der Waals surface area contributed by atoms with Crippen LogP contribution >= 0.6 is 11.3 Å². The normalized spacial score (nSPS) is 12.6. The number of benzene rings is 1. The van der Waals surface area contributed by atoms with E-state index >= 15 is 0 Å². The molecule has 0 amide bonds. The summed E-state index contributed by atoms with van der Waals surface area (Å²) in [7, 11) is 0. The van der Waals surface area contributed by atoms with Crippen LogP contribution in [-0.2, 0) is 13.0 Å². The lowest BCUT2D eigenvalue weighted by molar-refractivity contribution is 0.455. The molecule has 2 rings (SSSR count). The van der Waals surface area contributed by atoms with Gasteiger partial charge in [-0.3, -0.25) is 0 Å². The summed E-state index contributed by atoms with van der Waals surface area (Å²) in [6.45, 7) is 4.81. The third-order valence-electron chi connectivity index (χ3n) is 3.05. The van der Waals surface area contributed by atoms with Crippen molar-refractivity contribution in [2.45, 2.75) is 32.9 Å². The number of rotatable bonds is 5. The molecule has 96 valence electrons. The molecule has 1 unspecified atom stereocenters. The van der Waals surface area contributed by atoms with E-state index in [4.69, 9.17) is 0 Å². The van der Waals surface area contributed by atoms with Gasteiger partial charge in [0.2, 0.25) is 0 Å². The predicted octanol–water partition coefficient (Wildman–Crippen LogP) is 3.48. The van der Waals surface area contributed by atoms with Gasteiger partial charge >= 0.3 is 0 Å². The van der Waals surface area contributed by atoms with E-state index in [1.807, 2.05) is 25.1 Å². The third-order valence-corrected chi connectivity index (χ3v) is 3.95. The molecule has 0 fully saturated rings. The maximum atomic E-state index is 9.93. The van der Waals surface area contributed by atoms with Crippen LogP contribution in [0.15, 0.2) is 35.7 Å². The fourth-order valence-electron chi connectivity index (χ4n) is 1.95. The van der Waals surface area contributed by atoms with E-state index in [9.17, 15) is 5.11 Å². The molecule has 2 N–H and O–H groups in total. The number of aromatic hydroxyl groups is 1. The van der Waals surface area contributed by atoms with Gasteiger partial charge in [-0.05, 0) is 37.3 Å². The molecule has 0 bridgehead atoms. The number of phenolic OH excluding ortho intramolecular Hbond substituents is 1. The van der Waals surface area contributed by atoms with Gasteiger partial charge in [-0.1, -0.05) is 24.3 Å². The number of thiophene rings is 1. The summed E-state index contributed by atoms with van der Waals surface area (Å²) >= 11 is 1.79. The minimum atomic E-state index is 0.406. The van der Waals surface area contributed by atoms with Crippen molar-refractivity contribution in [3.8, 4) is 5.75 Å². The van der Waals surface area contributed by atoms with E-state index in [0.29, 0.717) is 18.3 Å². The molecule has 0 radical (unpaired) electrons. The Labute approximate surface area is 112 Å². The van der Waals surface area contributed by atoms with Gasteiger partial charge in [0.05, 0.1) is 0 Å². The summed E-state index contributed by atoms with van der Waals surface area (Å²) in [6, 6.07) is 10.5. The molecule has 0 aliphatic carbocycles. The number of para-hydroxylation sites is 1. The first-order valence-corrected chi connectivity index (χ1v) is 7.08. The molecule has 2 aromatic rings. The van der Waals surface area contributed by atoms with Crippen molar-refractivity contribution in [1.82, 2.24) is 5.32 Å². The second kappa shape index (κ2) is 6.03. The van der Waals surface area contributed by atoms with E-state index in [2.05, 4.69) is 29.8 Å². The second-order valence-electron chi connectivity index (χ2n) is 4.65. The molecule has 0 saturated carbocycles. The van der Waals surface area contributed by atoms with E-state index in [1.54, 1.807) is 11.3 Å². The zero-order chi connectivity index (χ0) is 13.0. The van der Waals surface area contributed by atoms with Crippen LogP contribution in [-0.4, -0.2) is 11.1 Å². The maximum absolute atomic E-state index is 9.93. The number of nitrogens with one attached hydrogen (secondary N) is 1. The highest BCUT2D eigenvalue weighted by molar-refractivity contribution is 7.09. The van der Waals surface area contributed by atoms with Crippen molar-refractivity contribution in [1.29, 1.82) is 0 Å². The molecule has 0 saturated heterocycles. The van der Waals surface area contributed by atoms with E-state index in [-0.39, 0.29) is 0 Å². The van der Waals surface area contributed by atoms with Gasteiger partial charge in [0, 0.05) is 23.0 Å². The zero-order valence-corrected chi connectivity index (χ0v) is 11.6. The molecule has 0 aliphatic heterocycles. The Morgan fingerprint density at radius 3 is 2.83 bits per heavy atom. The van der Waals surface area contributed by atoms with E-state index in [1.165, 1.54) is 4.88 Å². The van der Waals surface area contributed by atoms with Crippen molar-refractivity contribution in [3.63, 3.8) is 0 Å². The number of hydrogen-bond acceptors (Lipinski definition) is 3. The minimum Gasteiger partial charge on any atom is -0.507 e. The van der Waals surface area contributed by atoms with Gasteiger partial charge in [-0.15, -0.1) is 11.3 Å². The Kier molecular flexibility index (Phi) is 4.39. The highest BCUT2D eigenvalue weighted by Crippen LogP contribution is 2.21. The molecule has 1 aromatic carbocycles. The lowest BCUT2D eigenvalue weighted by atomic mass is 10.1. The number of phenols is 1. The van der Waals surface area contributed by atoms with Crippen LogP contribution in [0.4, 0.5) is 0 Å². The van der Waals surface area contributed by atoms with Gasteiger partial charge in [-0.25, -0.2) is 0 Å². The average Bonchev–Trinajstić information content (AvgIpc) is 2.84. The molecule has 1 atom stereocenters. The topological polar surface area (TPSA) is 32.3 Å². The van der Waals surface area contributed by atoms with Crippen molar-refractivity contribution >= 4 is 11.3 Å². The summed E-state index contributed by atoms with van der Waals surface area (Å²) in [5.74, 6) is 0.410. The van der Waals surface area contributed by atoms with E-state index < -0.39 is 0 Å². The summed E-state index contributed by atoms with van der Waals surface area (Å²) in [5.41, 5.74) is 1.90. The molecule has 2 nitrogen and oxygen atoms in total. The number of aryl methyl sites for hydroxylation is 1. The van der Waals surface area contributed by atoms with Crippen LogP contribution in [0, 0.1) is 6.92 Å². The van der Waals surface area contributed by atoms with Crippen LogP contribution < -0.4 is 5.32 Å². The first-order valence-electron chi connectivity index (χ1n) is 6.20. The lowest BCUT2D eigenvalue weighted by Crippen LogP contribution is -2.27. The van der Waals surface area contributed by atoms with Gasteiger partial charge in [0.25, 0.3) is 0 Å². The molecular formula is C15H19NOS. The fourth-order valence-corrected chi connectivity index (χ4v) is 2.78. The van der Waals surface area contributed by atoms with Crippen LogP contribution in [0.3, 0.4) is 0 Å². The van der Waals surface area contributed by atoms with Crippen molar-refractivity contribution in [2.75, 3.05) is 0 Å². The minimum absolute atomic E-state index is 0.406. The molecule has 1 heterocycles. The summed E-state index contributed by atoms with van der Waals surface area (Å²) in [4.78, 5) is 1.39. The third kappa shape index (κ3) is 3.34. The summed E-state index contributed by atoms with van der Waals surface area (Å²) < 4.78 is 0. The first-order chi connectivity index (χ1) is 8.66. The van der Waals surface area contributed by atoms with Crippen LogP contribution in [0.1, 0.15) is 22.9 Å². The monoisotopic (exact) mass is 261 g/mol. The Hall–Kier alpha value is -1.32. The Morgan fingerprint density at radius 2 is 2.11 bits per heavy atom. The number of hydrogen-bond donors (Lipinski definition) is 2. The Bertz CT molecular complexity index is 493. The Morgan fingerprint density at radius 1 is 1.28 bits per heavy atom. The lowest BCUT2D eigenvalue weighted by Gasteiger charge is -2.14. The second-order valence-corrected chi connectivity index (χ2v) is 5.68. The molecule has 18 heavy (non-hydrogen) atoms. The van der Waals surface area contributed by atoms with Gasteiger partial charge in [-0.2, -0.15) is 0 Å². The van der Waals surface area contributed by atoms with E-state index in [0.717, 1.165) is 17.5 Å². The van der Waals surface area contributed by atoms with Crippen molar-refractivity contribution in [2.24, 2.45) is 0 Å². The maximum Gasteiger partial charge on any atom is 0.122 e. The molecule has 0 aliphatic rings. The Balaban J connectivity index is 1.89. The zero-order valence-electron chi connectivity index (χ0n) is 10.8. The van der Waals surface area contributed by atoms with Crippen LogP contribution in [0.5, 0.6) is 5.75 Å². The quantitative estimate of drug-likeness (QED) is 0.863. The molecular weight excluding hydrogens is 242 g/mol. The highest BCUT2D eigenvalue weighted by atomic mass is 32.1. The van der Waals surface area contributed by atoms with Crippen LogP contribution in [0.2, 0.25) is 0 Å². The summed E-state index contributed by atoms with van der Waals surface area (Å²) in [6.07, 6.45) is 1.03. The first kappa shape index (κ1) is 13.1. The molecule has 1 aromatic heterocycles.